The third-order valence-corrected chi connectivity index (χ3v) is 8.19. The molecular weight excluding hydrogens is 546 g/mol. The van der Waals surface area contributed by atoms with Crippen LogP contribution in [0.2, 0.25) is 0 Å². The maximum Gasteiger partial charge on any atom is 0.337 e. The Morgan fingerprint density at radius 3 is 2.23 bits per heavy atom. The fraction of sp³-hybridized carbons (Fsp3) is 0.314. The molecule has 1 aliphatic heterocycles. The van der Waals surface area contributed by atoms with Crippen LogP contribution >= 0.6 is 0 Å². The summed E-state index contributed by atoms with van der Waals surface area (Å²) in [5.74, 6) is -1.23. The number of Topliss-reactive ketones (excluding diaryl/α,β-unsaturated/α-hetero) is 1. The van der Waals surface area contributed by atoms with Crippen molar-refractivity contribution in [1.82, 2.24) is 0 Å². The molecule has 222 valence electrons. The van der Waals surface area contributed by atoms with E-state index in [9.17, 15) is 14.4 Å². The molecule has 1 aliphatic carbocycles. The minimum atomic E-state index is -0.778. The number of aliphatic imine (C=N–C) groups is 1. The molecule has 0 saturated heterocycles. The van der Waals surface area contributed by atoms with Crippen LogP contribution in [0.4, 0.5) is 0 Å². The second-order valence-corrected chi connectivity index (χ2v) is 10.7. The van der Waals surface area contributed by atoms with Crippen LogP contribution in [0.5, 0.6) is 11.5 Å². The van der Waals surface area contributed by atoms with Crippen LogP contribution in [-0.4, -0.2) is 51.4 Å². The van der Waals surface area contributed by atoms with Crippen molar-refractivity contribution in [2.45, 2.75) is 38.0 Å². The van der Waals surface area contributed by atoms with Gasteiger partial charge in [-0.3, -0.25) is 14.6 Å². The summed E-state index contributed by atoms with van der Waals surface area (Å²) < 4.78 is 21.5. The van der Waals surface area contributed by atoms with E-state index in [0.29, 0.717) is 46.9 Å². The molecule has 1 heterocycles. The molecule has 5 rings (SSSR count). The third-order valence-electron chi connectivity index (χ3n) is 8.19. The van der Waals surface area contributed by atoms with E-state index < -0.39 is 23.8 Å². The molecule has 1 unspecified atom stereocenters. The Kier molecular flexibility index (Phi) is 9.04. The number of benzene rings is 3. The molecule has 0 amide bonds. The number of ether oxygens (including phenoxy) is 4. The summed E-state index contributed by atoms with van der Waals surface area (Å²) >= 11 is 0. The largest absolute Gasteiger partial charge is 0.493 e. The molecule has 2 aliphatic rings. The van der Waals surface area contributed by atoms with Gasteiger partial charge in [0.15, 0.2) is 17.3 Å². The van der Waals surface area contributed by atoms with Crippen molar-refractivity contribution in [3.05, 3.63) is 106 Å². The topological polar surface area (TPSA) is 100 Å². The van der Waals surface area contributed by atoms with Gasteiger partial charge in [-0.15, -0.1) is 0 Å². The van der Waals surface area contributed by atoms with Crippen LogP contribution in [0, 0.1) is 5.92 Å². The highest BCUT2D eigenvalue weighted by Gasteiger charge is 2.45. The fourth-order valence-electron chi connectivity index (χ4n) is 6.02. The summed E-state index contributed by atoms with van der Waals surface area (Å²) in [6.07, 6.45) is 1.36. The number of allylic oxidation sites excluding steroid dienone is 2. The quantitative estimate of drug-likeness (QED) is 0.292. The standard InChI is InChI=1S/C35H35NO7/c1-21-31(35(39)43-17-16-22-8-6-5-7-9-22)32(23-10-12-24(13-11-23)34(38)42-4)33-27(36-21)18-26(19-28(33)37)25-14-15-29(40-2)30(20-25)41-3/h5-15,20,26,31-32H,16-19H2,1-4H3/t26-,31?,32-/m0/s1. The highest BCUT2D eigenvalue weighted by Crippen LogP contribution is 2.47. The lowest BCUT2D eigenvalue weighted by atomic mass is 9.69. The Hall–Kier alpha value is -4.72. The zero-order chi connectivity index (χ0) is 30.5. The van der Waals surface area contributed by atoms with E-state index in [-0.39, 0.29) is 24.7 Å². The highest BCUT2D eigenvalue weighted by atomic mass is 16.5. The molecule has 3 aromatic rings. The summed E-state index contributed by atoms with van der Waals surface area (Å²) in [5, 5.41) is 0. The average molecular weight is 582 g/mol. The van der Waals surface area contributed by atoms with E-state index >= 15 is 0 Å². The number of hydrogen-bond donors (Lipinski definition) is 0. The SMILES string of the molecule is COC(=O)c1ccc([C@@H]2C3=C(C[C@H](c4ccc(OC)c(OC)c4)CC3=O)N=C(C)C2C(=O)OCCc2ccccc2)cc1. The third kappa shape index (κ3) is 6.23. The second kappa shape index (κ2) is 13.1. The summed E-state index contributed by atoms with van der Waals surface area (Å²) in [4.78, 5) is 44.6. The second-order valence-electron chi connectivity index (χ2n) is 10.7. The molecule has 0 aromatic heterocycles. The lowest BCUT2D eigenvalue weighted by molar-refractivity contribution is -0.146. The van der Waals surface area contributed by atoms with E-state index in [0.717, 1.165) is 16.7 Å². The first-order chi connectivity index (χ1) is 20.8. The monoisotopic (exact) mass is 581 g/mol. The van der Waals surface area contributed by atoms with Gasteiger partial charge in [0.2, 0.25) is 0 Å². The van der Waals surface area contributed by atoms with Crippen molar-refractivity contribution in [1.29, 1.82) is 0 Å². The highest BCUT2D eigenvalue weighted by molar-refractivity contribution is 6.09. The van der Waals surface area contributed by atoms with Crippen LogP contribution in [-0.2, 0) is 25.5 Å². The Bertz CT molecular complexity index is 1570. The molecule has 0 spiro atoms. The number of nitrogens with zero attached hydrogens (tertiary/aromatic N) is 1. The molecule has 8 heteroatoms. The van der Waals surface area contributed by atoms with E-state index in [1.165, 1.54) is 7.11 Å². The number of carbonyl (C=O) groups excluding carboxylic acids is 3. The van der Waals surface area contributed by atoms with Crippen LogP contribution in [0.25, 0.3) is 0 Å². The molecule has 0 N–H and O–H groups in total. The smallest absolute Gasteiger partial charge is 0.337 e. The first-order valence-electron chi connectivity index (χ1n) is 14.3. The Balaban J connectivity index is 1.48. The van der Waals surface area contributed by atoms with Gasteiger partial charge < -0.3 is 18.9 Å². The van der Waals surface area contributed by atoms with Gasteiger partial charge in [-0.2, -0.15) is 0 Å². The summed E-state index contributed by atoms with van der Waals surface area (Å²) in [6.45, 7) is 2.02. The first-order valence-corrected chi connectivity index (χ1v) is 14.3. The molecule has 3 atom stereocenters. The minimum Gasteiger partial charge on any atom is -0.493 e. The number of ketones is 1. The molecule has 0 radical (unpaired) electrons. The van der Waals surface area contributed by atoms with Crippen LogP contribution in [0.1, 0.15) is 58.6 Å². The predicted octanol–water partition coefficient (Wildman–Crippen LogP) is 5.85. The number of hydrogen-bond acceptors (Lipinski definition) is 8. The van der Waals surface area contributed by atoms with Crippen LogP contribution in [0.15, 0.2) is 89.1 Å². The van der Waals surface area contributed by atoms with Gasteiger partial charge in [0.25, 0.3) is 0 Å². The van der Waals surface area contributed by atoms with Gasteiger partial charge in [-0.25, -0.2) is 4.79 Å². The molecule has 0 saturated carbocycles. The van der Waals surface area contributed by atoms with Crippen LogP contribution < -0.4 is 9.47 Å². The Morgan fingerprint density at radius 1 is 0.860 bits per heavy atom. The zero-order valence-corrected chi connectivity index (χ0v) is 24.8. The average Bonchev–Trinajstić information content (AvgIpc) is 3.03. The fourth-order valence-corrected chi connectivity index (χ4v) is 6.02. The van der Waals surface area contributed by atoms with Crippen LogP contribution in [0.3, 0.4) is 0 Å². The van der Waals surface area contributed by atoms with Crippen molar-refractivity contribution in [3.8, 4) is 11.5 Å². The van der Waals surface area contributed by atoms with Crippen molar-refractivity contribution in [2.75, 3.05) is 27.9 Å². The Morgan fingerprint density at radius 2 is 1.56 bits per heavy atom. The predicted molar refractivity (Wildman–Crippen MR) is 162 cm³/mol. The van der Waals surface area contributed by atoms with E-state index in [1.54, 1.807) is 38.5 Å². The number of carbonyl (C=O) groups is 3. The lowest BCUT2D eigenvalue weighted by Gasteiger charge is -2.36. The van der Waals surface area contributed by atoms with Crippen molar-refractivity contribution in [2.24, 2.45) is 10.9 Å². The molecule has 0 fully saturated rings. The molecule has 43 heavy (non-hydrogen) atoms. The van der Waals surface area contributed by atoms with E-state index in [4.69, 9.17) is 23.9 Å². The first kappa shape index (κ1) is 29.8. The normalized spacial score (nSPS) is 19.7. The minimum absolute atomic E-state index is 0.0681. The maximum atomic E-state index is 14.0. The van der Waals surface area contributed by atoms with E-state index in [1.807, 2.05) is 55.5 Å². The maximum absolute atomic E-state index is 14.0. The number of esters is 2. The molecular formula is C35H35NO7. The van der Waals surface area contributed by atoms with Gasteiger partial charge in [-0.05, 0) is 60.2 Å². The van der Waals surface area contributed by atoms with Gasteiger partial charge in [-0.1, -0.05) is 48.5 Å². The molecule has 8 nitrogen and oxygen atoms in total. The van der Waals surface area contributed by atoms with Gasteiger partial charge >= 0.3 is 11.9 Å². The van der Waals surface area contributed by atoms with Crippen molar-refractivity contribution < 1.29 is 33.3 Å². The Labute approximate surface area is 251 Å². The summed E-state index contributed by atoms with van der Waals surface area (Å²) in [6, 6.07) is 22.3. The van der Waals surface area contributed by atoms with Crippen molar-refractivity contribution in [3.63, 3.8) is 0 Å². The lowest BCUT2D eigenvalue weighted by Crippen LogP contribution is -2.38. The van der Waals surface area contributed by atoms with Gasteiger partial charge in [0, 0.05) is 35.7 Å². The van der Waals surface area contributed by atoms with Gasteiger partial charge in [0.05, 0.1) is 33.5 Å². The zero-order valence-electron chi connectivity index (χ0n) is 24.8. The van der Waals surface area contributed by atoms with E-state index in [2.05, 4.69) is 0 Å². The molecule has 3 aromatic carbocycles. The molecule has 0 bridgehead atoms. The summed E-state index contributed by atoms with van der Waals surface area (Å²) in [5.41, 5.74) is 4.91. The number of rotatable bonds is 9. The van der Waals surface area contributed by atoms with Gasteiger partial charge in [0.1, 0.15) is 5.92 Å². The number of methoxy groups -OCH3 is 3. The summed E-state index contributed by atoms with van der Waals surface area (Å²) in [7, 11) is 4.49. The van der Waals surface area contributed by atoms with Crippen molar-refractivity contribution >= 4 is 23.4 Å².